The van der Waals surface area contributed by atoms with Crippen LogP contribution in [0.15, 0.2) is 48.5 Å². The van der Waals surface area contributed by atoms with Gasteiger partial charge >= 0.3 is 0 Å². The number of hydrogen-bond acceptors (Lipinski definition) is 3. The van der Waals surface area contributed by atoms with E-state index >= 15 is 0 Å². The van der Waals surface area contributed by atoms with Gasteiger partial charge in [0.05, 0.1) is 12.7 Å². The number of halogens is 1. The molecule has 1 unspecified atom stereocenters. The van der Waals surface area contributed by atoms with Crippen molar-refractivity contribution in [3.05, 3.63) is 70.2 Å². The van der Waals surface area contributed by atoms with Crippen molar-refractivity contribution in [3.63, 3.8) is 0 Å². The number of ketones is 1. The zero-order chi connectivity index (χ0) is 15.4. The molecule has 3 nitrogen and oxygen atoms in total. The van der Waals surface area contributed by atoms with E-state index in [9.17, 15) is 4.79 Å². The molecule has 0 saturated carbocycles. The number of carbonyl (C=O) groups excluding carboxylic acids is 1. The molecule has 4 heteroatoms. The van der Waals surface area contributed by atoms with Gasteiger partial charge in [-0.25, -0.2) is 0 Å². The van der Waals surface area contributed by atoms with Crippen LogP contribution < -0.4 is 5.32 Å². The first-order valence-electron chi connectivity index (χ1n) is 7.42. The summed E-state index contributed by atoms with van der Waals surface area (Å²) in [7, 11) is 0. The summed E-state index contributed by atoms with van der Waals surface area (Å²) in [5, 5.41) is 3.96. The summed E-state index contributed by atoms with van der Waals surface area (Å²) < 4.78 is 5.76. The Kier molecular flexibility index (Phi) is 4.88. The van der Waals surface area contributed by atoms with Gasteiger partial charge in [-0.1, -0.05) is 35.9 Å². The van der Waals surface area contributed by atoms with Gasteiger partial charge in [0.2, 0.25) is 0 Å². The summed E-state index contributed by atoms with van der Waals surface area (Å²) in [6.07, 6.45) is 0.453. The lowest BCUT2D eigenvalue weighted by Crippen LogP contribution is -2.33. The molecule has 1 heterocycles. The third-order valence-corrected chi connectivity index (χ3v) is 4.03. The number of rotatable bonds is 4. The number of benzene rings is 2. The van der Waals surface area contributed by atoms with Crippen molar-refractivity contribution in [2.24, 2.45) is 0 Å². The highest BCUT2D eigenvalue weighted by Gasteiger charge is 2.16. The van der Waals surface area contributed by atoms with Crippen LogP contribution in [0, 0.1) is 0 Å². The van der Waals surface area contributed by atoms with Crippen LogP contribution in [0.3, 0.4) is 0 Å². The Morgan fingerprint density at radius 1 is 1.23 bits per heavy atom. The van der Waals surface area contributed by atoms with Crippen LogP contribution in [0.1, 0.15) is 27.6 Å². The van der Waals surface area contributed by atoms with E-state index in [-0.39, 0.29) is 11.9 Å². The van der Waals surface area contributed by atoms with Crippen LogP contribution in [-0.2, 0) is 11.2 Å². The minimum absolute atomic E-state index is 0.0688. The lowest BCUT2D eigenvalue weighted by molar-refractivity contribution is 0.0276. The monoisotopic (exact) mass is 315 g/mol. The third kappa shape index (κ3) is 3.74. The number of ether oxygens (including phenoxy) is 1. The van der Waals surface area contributed by atoms with Crippen LogP contribution >= 0.6 is 11.6 Å². The van der Waals surface area contributed by atoms with Crippen molar-refractivity contribution in [1.29, 1.82) is 0 Å². The molecule has 1 N–H and O–H groups in total. The van der Waals surface area contributed by atoms with Gasteiger partial charge in [0.15, 0.2) is 5.78 Å². The number of Topliss-reactive ketones (excluding diaryl/α,β-unsaturated/α-hetero) is 1. The summed E-state index contributed by atoms with van der Waals surface area (Å²) in [5.41, 5.74) is 2.81. The zero-order valence-corrected chi connectivity index (χ0v) is 13.0. The summed E-state index contributed by atoms with van der Waals surface area (Å²) in [5.74, 6) is 0.0940. The van der Waals surface area contributed by atoms with Gasteiger partial charge in [-0.3, -0.25) is 4.79 Å². The second-order valence-electron chi connectivity index (χ2n) is 5.42. The van der Waals surface area contributed by atoms with Gasteiger partial charge in [0.25, 0.3) is 0 Å². The SMILES string of the molecule is O=C(Cc1cccc(C2CNCCO2)c1)c1ccc(Cl)cc1. The maximum atomic E-state index is 12.3. The first-order valence-corrected chi connectivity index (χ1v) is 7.80. The Morgan fingerprint density at radius 2 is 2.05 bits per heavy atom. The average Bonchev–Trinajstić information content (AvgIpc) is 2.56. The normalized spacial score (nSPS) is 18.1. The quantitative estimate of drug-likeness (QED) is 0.879. The molecule has 1 atom stereocenters. The lowest BCUT2D eigenvalue weighted by atomic mass is 9.99. The number of nitrogens with one attached hydrogen (secondary N) is 1. The van der Waals surface area contributed by atoms with Crippen LogP contribution in [-0.4, -0.2) is 25.5 Å². The van der Waals surface area contributed by atoms with Gasteiger partial charge in [-0.2, -0.15) is 0 Å². The van der Waals surface area contributed by atoms with E-state index < -0.39 is 0 Å². The van der Waals surface area contributed by atoms with E-state index in [0.29, 0.717) is 17.0 Å². The van der Waals surface area contributed by atoms with E-state index in [4.69, 9.17) is 16.3 Å². The van der Waals surface area contributed by atoms with Crippen LogP contribution in [0.25, 0.3) is 0 Å². The smallest absolute Gasteiger partial charge is 0.167 e. The van der Waals surface area contributed by atoms with E-state index in [2.05, 4.69) is 11.4 Å². The second-order valence-corrected chi connectivity index (χ2v) is 5.85. The predicted molar refractivity (Wildman–Crippen MR) is 87.5 cm³/mol. The van der Waals surface area contributed by atoms with E-state index in [1.807, 2.05) is 18.2 Å². The molecule has 0 aliphatic carbocycles. The largest absolute Gasteiger partial charge is 0.371 e. The summed E-state index contributed by atoms with van der Waals surface area (Å²) >= 11 is 5.85. The van der Waals surface area contributed by atoms with Crippen molar-refractivity contribution in [2.45, 2.75) is 12.5 Å². The third-order valence-electron chi connectivity index (χ3n) is 3.78. The summed E-state index contributed by atoms with van der Waals surface area (Å²) in [6, 6.07) is 15.1. The number of carbonyl (C=O) groups is 1. The van der Waals surface area contributed by atoms with Crippen LogP contribution in [0.4, 0.5) is 0 Å². The molecule has 1 aliphatic heterocycles. The molecule has 1 fully saturated rings. The van der Waals surface area contributed by atoms with Crippen LogP contribution in [0.2, 0.25) is 5.02 Å². The highest BCUT2D eigenvalue weighted by molar-refractivity contribution is 6.30. The maximum absolute atomic E-state index is 12.3. The Balaban J connectivity index is 1.72. The van der Waals surface area contributed by atoms with E-state index in [0.717, 1.165) is 30.8 Å². The van der Waals surface area contributed by atoms with Crippen molar-refractivity contribution >= 4 is 17.4 Å². The lowest BCUT2D eigenvalue weighted by Gasteiger charge is -2.24. The second kappa shape index (κ2) is 7.05. The van der Waals surface area contributed by atoms with Gasteiger partial charge in [-0.05, 0) is 35.4 Å². The first kappa shape index (κ1) is 15.2. The van der Waals surface area contributed by atoms with Gasteiger partial charge in [0.1, 0.15) is 0 Å². The van der Waals surface area contributed by atoms with Crippen molar-refractivity contribution in [1.82, 2.24) is 5.32 Å². The van der Waals surface area contributed by atoms with Crippen LogP contribution in [0.5, 0.6) is 0 Å². The molecule has 22 heavy (non-hydrogen) atoms. The maximum Gasteiger partial charge on any atom is 0.167 e. The predicted octanol–water partition coefficient (Wildman–Crippen LogP) is 3.43. The molecule has 0 bridgehead atoms. The molecule has 3 rings (SSSR count). The standard InChI is InChI=1S/C18H18ClNO2/c19-16-6-4-14(5-7-16)17(21)11-13-2-1-3-15(10-13)18-12-20-8-9-22-18/h1-7,10,18,20H,8-9,11-12H2. The van der Waals surface area contributed by atoms with Gasteiger partial charge in [0, 0.05) is 30.1 Å². The zero-order valence-electron chi connectivity index (χ0n) is 12.2. The minimum atomic E-state index is 0.0688. The number of hydrogen-bond donors (Lipinski definition) is 1. The molecule has 2 aromatic rings. The molecule has 2 aromatic carbocycles. The molecule has 114 valence electrons. The molecular formula is C18H18ClNO2. The molecule has 1 saturated heterocycles. The van der Waals surface area contributed by atoms with Gasteiger partial charge in [-0.15, -0.1) is 0 Å². The van der Waals surface area contributed by atoms with E-state index in [1.165, 1.54) is 0 Å². The fourth-order valence-corrected chi connectivity index (χ4v) is 2.73. The summed E-state index contributed by atoms with van der Waals surface area (Å²) in [6.45, 7) is 2.43. The molecule has 0 radical (unpaired) electrons. The Hall–Kier alpha value is -1.68. The highest BCUT2D eigenvalue weighted by atomic mass is 35.5. The fourth-order valence-electron chi connectivity index (χ4n) is 2.61. The van der Waals surface area contributed by atoms with Crippen molar-refractivity contribution in [3.8, 4) is 0 Å². The molecule has 0 aromatic heterocycles. The van der Waals surface area contributed by atoms with E-state index in [1.54, 1.807) is 24.3 Å². The average molecular weight is 316 g/mol. The minimum Gasteiger partial charge on any atom is -0.371 e. The first-order chi connectivity index (χ1) is 10.7. The van der Waals surface area contributed by atoms with Crippen molar-refractivity contribution < 1.29 is 9.53 Å². The number of morpholine rings is 1. The fraction of sp³-hybridized carbons (Fsp3) is 0.278. The highest BCUT2D eigenvalue weighted by Crippen LogP contribution is 2.20. The Morgan fingerprint density at radius 3 is 2.77 bits per heavy atom. The molecule has 0 spiro atoms. The summed E-state index contributed by atoms with van der Waals surface area (Å²) in [4.78, 5) is 12.3. The molecule has 0 amide bonds. The Labute approximate surface area is 135 Å². The molecule has 1 aliphatic rings. The van der Waals surface area contributed by atoms with Gasteiger partial charge < -0.3 is 10.1 Å². The molecular weight excluding hydrogens is 298 g/mol. The Bertz CT molecular complexity index is 648. The van der Waals surface area contributed by atoms with Crippen molar-refractivity contribution in [2.75, 3.05) is 19.7 Å². The topological polar surface area (TPSA) is 38.3 Å².